The van der Waals surface area contributed by atoms with Crippen molar-refractivity contribution in [2.45, 2.75) is 166 Å². The smallest absolute Gasteiger partial charge is 0.201 e. The molecule has 3 aromatic rings. The van der Waals surface area contributed by atoms with Gasteiger partial charge in [-0.3, -0.25) is 10.1 Å². The number of fused-ring (bicyclic) bond motifs is 7. The number of nitrogens with zero attached hydrogens (tertiary/aromatic N) is 1. The van der Waals surface area contributed by atoms with Crippen molar-refractivity contribution in [3.8, 4) is 52.4 Å². The van der Waals surface area contributed by atoms with Crippen LogP contribution in [-0.4, -0.2) is 124 Å². The van der Waals surface area contributed by atoms with Crippen LogP contribution in [0.4, 0.5) is 0 Å². The molecule has 2 saturated carbocycles. The van der Waals surface area contributed by atoms with Crippen molar-refractivity contribution >= 4 is 33.3 Å². The maximum Gasteiger partial charge on any atom is 0.201 e. The van der Waals surface area contributed by atoms with E-state index in [9.17, 15) is 35.4 Å². The normalized spacial score (nSPS) is 29.3. The van der Waals surface area contributed by atoms with E-state index in [-0.39, 0.29) is 97.4 Å². The van der Waals surface area contributed by atoms with Gasteiger partial charge in [0.15, 0.2) is 35.8 Å². The van der Waals surface area contributed by atoms with Gasteiger partial charge in [0.25, 0.3) is 0 Å². The number of methoxy groups -OCH3 is 1. The van der Waals surface area contributed by atoms with Crippen molar-refractivity contribution in [1.82, 2.24) is 16.0 Å². The maximum atomic E-state index is 13.5. The van der Waals surface area contributed by atoms with E-state index in [1.165, 1.54) is 11.6 Å². The Kier molecular flexibility index (Phi) is 20.8. The predicted octanol–water partition coefficient (Wildman–Crippen LogP) is 6.81. The highest BCUT2D eigenvalue weighted by atomic mass is 33.1. The number of hydrogen-bond acceptors (Lipinski definition) is 18. The molecule has 10 rings (SSSR count). The molecule has 2 spiro atoms. The number of nitrogens with one attached hydrogen (secondary N) is 3. The lowest BCUT2D eigenvalue weighted by Crippen LogP contribution is -2.58. The number of aliphatic hydroxyl groups excluding tert-OH is 4. The fourth-order valence-corrected chi connectivity index (χ4v) is 16.8. The Balaban J connectivity index is 1.17. The molecule has 0 aromatic heterocycles. The van der Waals surface area contributed by atoms with Crippen molar-refractivity contribution in [2.75, 3.05) is 45.8 Å². The van der Waals surface area contributed by atoms with Crippen LogP contribution in [0.15, 0.2) is 41.4 Å². The first-order chi connectivity index (χ1) is 39.1. The van der Waals surface area contributed by atoms with Crippen LogP contribution in [0.5, 0.6) is 28.7 Å². The van der Waals surface area contributed by atoms with E-state index >= 15 is 0 Å². The number of ketones is 1. The molecule has 3 aromatic carbocycles. The number of Topliss-reactive ketones (excluding diaryl/α,β-unsaturated/α-hetero) is 1. The number of aliphatic imine (C=N–C) groups is 1. The number of aromatic hydroxyl groups is 2. The molecule has 4 aliphatic heterocycles. The molecule has 81 heavy (non-hydrogen) atoms. The van der Waals surface area contributed by atoms with Gasteiger partial charge in [0.05, 0.1) is 36.5 Å². The minimum absolute atomic E-state index is 0.00254. The molecule has 0 radical (unpaired) electrons. The highest BCUT2D eigenvalue weighted by molar-refractivity contribution is 8.76. The number of nitrogens with two attached hydrogens (primary N) is 1. The summed E-state index contributed by atoms with van der Waals surface area (Å²) < 4.78 is 25.3. The molecule has 2 fully saturated rings. The summed E-state index contributed by atoms with van der Waals surface area (Å²) in [5.41, 5.74) is 12.1. The molecule has 11 unspecified atom stereocenters. The number of phenols is 2. The lowest BCUT2D eigenvalue weighted by atomic mass is 9.58. The third-order valence-electron chi connectivity index (χ3n) is 18.3. The fourth-order valence-electron chi connectivity index (χ4n) is 13.9. The van der Waals surface area contributed by atoms with E-state index in [1.807, 2.05) is 13.1 Å². The summed E-state index contributed by atoms with van der Waals surface area (Å²) >= 11 is 0. The average Bonchev–Trinajstić information content (AvgIpc) is 4.03. The minimum Gasteiger partial charge on any atom is -0.508 e. The monoisotopic (exact) mass is 1150 g/mol. The lowest BCUT2D eigenvalue weighted by Gasteiger charge is -2.52. The summed E-state index contributed by atoms with van der Waals surface area (Å²) in [6, 6.07) is 10.4. The number of rotatable bonds is 12. The number of guanidine groups is 1. The number of aryl methyl sites for hydroxylation is 2. The Bertz CT molecular complexity index is 2840. The zero-order chi connectivity index (χ0) is 57.3. The molecule has 4 heterocycles. The van der Waals surface area contributed by atoms with E-state index in [2.05, 4.69) is 65.6 Å². The van der Waals surface area contributed by atoms with Crippen molar-refractivity contribution in [3.05, 3.63) is 75.3 Å². The third-order valence-corrected chi connectivity index (χ3v) is 20.8. The summed E-state index contributed by atoms with van der Waals surface area (Å²) in [6.07, 6.45) is 7.93. The Labute approximate surface area is 486 Å². The van der Waals surface area contributed by atoms with Gasteiger partial charge in [0.2, 0.25) is 6.29 Å². The van der Waals surface area contributed by atoms with Gasteiger partial charge in [-0.25, -0.2) is 4.99 Å². The van der Waals surface area contributed by atoms with Crippen LogP contribution in [0.2, 0.25) is 0 Å². The van der Waals surface area contributed by atoms with E-state index in [1.54, 1.807) is 40.8 Å². The van der Waals surface area contributed by atoms with Gasteiger partial charge in [-0.2, -0.15) is 0 Å². The number of aliphatic hydroxyl groups is 4. The molecule has 0 saturated heterocycles. The van der Waals surface area contributed by atoms with Crippen LogP contribution in [0.1, 0.15) is 130 Å². The first-order valence-corrected chi connectivity index (χ1v) is 31.7. The Morgan fingerprint density at radius 3 is 2.57 bits per heavy atom. The largest absolute Gasteiger partial charge is 0.508 e. The second-order valence-corrected chi connectivity index (χ2v) is 26.5. The summed E-state index contributed by atoms with van der Waals surface area (Å²) in [6.45, 7) is 4.25. The Morgan fingerprint density at radius 1 is 0.951 bits per heavy atom. The van der Waals surface area contributed by atoms with Crippen molar-refractivity contribution in [3.63, 3.8) is 0 Å². The average molecular weight is 1150 g/mol. The molecule has 11 N–H and O–H groups in total. The van der Waals surface area contributed by atoms with Crippen LogP contribution in [0.3, 0.4) is 0 Å². The Morgan fingerprint density at radius 2 is 1.78 bits per heavy atom. The topological polar surface area (TPSA) is 250 Å². The molecule has 0 amide bonds. The van der Waals surface area contributed by atoms with Crippen LogP contribution in [0, 0.1) is 58.7 Å². The summed E-state index contributed by atoms with van der Waals surface area (Å²) in [5, 5.41) is 76.6. The zero-order valence-corrected chi connectivity index (χ0v) is 49.2. The molecule has 16 nitrogen and oxygen atoms in total. The standard InChI is InChI=1S/C63H85N5O11S2/c1-38(2)55-34-81-80-33-53-52-29-51-42-12-17-48(73)28-47(72)15-10-40-13-19-56(74)58(78-37-70)50(40)8-5-7-43(26-42)57(59(51)79-60(52)75)77-36-66-63(22-6-9-54(53)67-61(64)68-55)35-62(24-21-45(63)14-18-49(32-69)76-4)23-20-39(30-62)25-41-11-16-46(71)27-44(41)31-65-3/h11,13,16,19,26-27,38-39,45,48-49,52-55,60,65-66,69-71,73-75H,7,10,12,14-15,17-18,20-25,28-37H2,1-4H3,(H3,64,67,68). The van der Waals surface area contributed by atoms with Gasteiger partial charge < -0.3 is 66.0 Å². The SMILES string of the molecule is CNCc1cc(O)ccc1CC1CCC2(CCC(CCC(CO)OC)C3(CC#CC4NC(N)=NC(C(C)C)CSSCC4C4Cc5c6cc(c(c5OC4O)OCN3)CC#Cc3c(ccc(O)c3OCO)CCC(=O)CC(O)CC6)C2)C1. The van der Waals surface area contributed by atoms with Gasteiger partial charge in [-0.05, 0) is 154 Å². The predicted molar refractivity (Wildman–Crippen MR) is 317 cm³/mol. The van der Waals surface area contributed by atoms with Gasteiger partial charge in [0.1, 0.15) is 18.3 Å². The molecule has 7 aliphatic rings. The van der Waals surface area contributed by atoms with Crippen molar-refractivity contribution in [2.24, 2.45) is 45.7 Å². The number of phenolic OH excluding ortho intramolecular Hbond substituents is 2. The second-order valence-electron chi connectivity index (χ2n) is 24.0. The third kappa shape index (κ3) is 14.6. The van der Waals surface area contributed by atoms with Gasteiger partial charge in [-0.15, -0.1) is 0 Å². The van der Waals surface area contributed by atoms with E-state index in [4.69, 9.17) is 29.7 Å². The van der Waals surface area contributed by atoms with Crippen molar-refractivity contribution in [1.29, 1.82) is 0 Å². The summed E-state index contributed by atoms with van der Waals surface area (Å²) in [5.74, 6) is 16.6. The highest BCUT2D eigenvalue weighted by Gasteiger charge is 2.52. The number of carbonyl (C=O) groups excluding carboxylic acids is 1. The molecule has 11 atom stereocenters. The molecule has 440 valence electrons. The summed E-state index contributed by atoms with van der Waals surface area (Å²) in [4.78, 5) is 18.5. The fraction of sp³-hybridized carbons (Fsp3) is 0.619. The van der Waals surface area contributed by atoms with E-state index < -0.39 is 36.7 Å². The van der Waals surface area contributed by atoms with Gasteiger partial charge in [0, 0.05) is 79.3 Å². The van der Waals surface area contributed by atoms with Crippen molar-refractivity contribution < 1.29 is 54.4 Å². The maximum absolute atomic E-state index is 13.5. The minimum atomic E-state index is -1.28. The van der Waals surface area contributed by atoms with Crippen LogP contribution in [-0.2, 0) is 48.2 Å². The first-order valence-electron chi connectivity index (χ1n) is 29.2. The van der Waals surface area contributed by atoms with Crippen LogP contribution >= 0.6 is 21.6 Å². The van der Waals surface area contributed by atoms with Gasteiger partial charge >= 0.3 is 0 Å². The number of carbonyl (C=O) groups is 1. The molecule has 3 aliphatic carbocycles. The quantitative estimate of drug-likeness (QED) is 0.0508. The van der Waals surface area contributed by atoms with Crippen LogP contribution < -0.4 is 35.9 Å². The lowest BCUT2D eigenvalue weighted by molar-refractivity contribution is -0.121. The second kappa shape index (κ2) is 27.7. The number of benzene rings is 3. The number of hydrogen-bond donors (Lipinski definition) is 10. The molecular weight excluding hydrogens is 1070 g/mol. The molecular formula is C63H85N5O11S2. The van der Waals surface area contributed by atoms with Crippen LogP contribution in [0.25, 0.3) is 0 Å². The Hall–Kier alpha value is -4.86. The van der Waals surface area contributed by atoms with E-state index in [0.717, 1.165) is 73.8 Å². The van der Waals surface area contributed by atoms with Gasteiger partial charge in [-0.1, -0.05) is 77.3 Å². The molecule has 6 bridgehead atoms. The zero-order valence-electron chi connectivity index (χ0n) is 47.6. The summed E-state index contributed by atoms with van der Waals surface area (Å²) in [7, 11) is 7.08. The first kappa shape index (κ1) is 60.7. The van der Waals surface area contributed by atoms with E-state index in [0.29, 0.717) is 84.5 Å². The number of ether oxygens (including phenoxy) is 4. The highest BCUT2D eigenvalue weighted by Crippen LogP contribution is 2.58. The molecule has 18 heteroatoms.